The number of piperazine rings is 1. The summed E-state index contributed by atoms with van der Waals surface area (Å²) in [4.78, 5) is 5.15. The lowest BCUT2D eigenvalue weighted by atomic mass is 9.85. The second-order valence-electron chi connectivity index (χ2n) is 4.98. The Bertz CT molecular complexity index is 194. The van der Waals surface area contributed by atoms with E-state index in [-0.39, 0.29) is 0 Å². The first kappa shape index (κ1) is 14.9. The predicted molar refractivity (Wildman–Crippen MR) is 73.5 cm³/mol. The van der Waals surface area contributed by atoms with Gasteiger partial charge in [0.1, 0.15) is 0 Å². The zero-order valence-electron chi connectivity index (χ0n) is 12.2. The number of nitrogens with zero attached hydrogens (tertiary/aromatic N) is 2. The summed E-state index contributed by atoms with van der Waals surface area (Å²) in [6.45, 7) is 13.2. The first-order valence-electron chi connectivity index (χ1n) is 7.28. The van der Waals surface area contributed by atoms with Gasteiger partial charge >= 0.3 is 0 Å². The Hall–Kier alpha value is -0.120. The molecular weight excluding hydrogens is 212 g/mol. The van der Waals surface area contributed by atoms with Gasteiger partial charge < -0.3 is 9.64 Å². The van der Waals surface area contributed by atoms with Crippen LogP contribution in [0.4, 0.5) is 0 Å². The van der Waals surface area contributed by atoms with Gasteiger partial charge in [-0.3, -0.25) is 4.90 Å². The molecule has 0 spiro atoms. The number of rotatable bonds is 2. The van der Waals surface area contributed by atoms with E-state index in [0.29, 0.717) is 5.54 Å². The van der Waals surface area contributed by atoms with E-state index in [1.54, 1.807) is 0 Å². The Morgan fingerprint density at radius 1 is 1.00 bits per heavy atom. The van der Waals surface area contributed by atoms with E-state index in [1.807, 2.05) is 13.8 Å². The van der Waals surface area contributed by atoms with Gasteiger partial charge in [0.15, 0.2) is 0 Å². The first-order valence-corrected chi connectivity index (χ1v) is 7.28. The van der Waals surface area contributed by atoms with Gasteiger partial charge in [-0.05, 0) is 26.3 Å². The van der Waals surface area contributed by atoms with Gasteiger partial charge in [0, 0.05) is 44.9 Å². The molecule has 0 aromatic rings. The molecule has 2 aliphatic rings. The normalized spacial score (nSPS) is 26.1. The largest absolute Gasteiger partial charge is 0.381 e. The second kappa shape index (κ2) is 7.34. The molecule has 2 rings (SSSR count). The molecule has 2 saturated heterocycles. The van der Waals surface area contributed by atoms with Gasteiger partial charge in [-0.25, -0.2) is 0 Å². The summed E-state index contributed by atoms with van der Waals surface area (Å²) in [6, 6.07) is 0. The maximum atomic E-state index is 5.50. The smallest absolute Gasteiger partial charge is 0.0483 e. The van der Waals surface area contributed by atoms with E-state index in [1.165, 1.54) is 45.4 Å². The Morgan fingerprint density at radius 3 is 2.00 bits per heavy atom. The lowest BCUT2D eigenvalue weighted by Gasteiger charge is -2.49. The van der Waals surface area contributed by atoms with Crippen LogP contribution in [0.15, 0.2) is 0 Å². The minimum absolute atomic E-state index is 0.458. The van der Waals surface area contributed by atoms with Gasteiger partial charge in [-0.2, -0.15) is 0 Å². The van der Waals surface area contributed by atoms with Crippen LogP contribution in [0, 0.1) is 0 Å². The molecule has 0 aromatic heterocycles. The van der Waals surface area contributed by atoms with Crippen LogP contribution in [-0.4, -0.2) is 61.8 Å². The lowest BCUT2D eigenvalue weighted by Crippen LogP contribution is -2.58. The molecule has 0 radical (unpaired) electrons. The van der Waals surface area contributed by atoms with Gasteiger partial charge in [0.25, 0.3) is 0 Å². The first-order chi connectivity index (χ1) is 8.27. The summed E-state index contributed by atoms with van der Waals surface area (Å²) in [6.07, 6.45) is 3.74. The minimum atomic E-state index is 0.458. The summed E-state index contributed by atoms with van der Waals surface area (Å²) < 4.78 is 5.50. The fourth-order valence-electron chi connectivity index (χ4n) is 2.93. The maximum absolute atomic E-state index is 5.50. The van der Waals surface area contributed by atoms with Gasteiger partial charge in [-0.15, -0.1) is 0 Å². The SMILES string of the molecule is CC.CCC1(N2CCN(C)CC2)CCOCC1. The summed E-state index contributed by atoms with van der Waals surface area (Å²) >= 11 is 0. The van der Waals surface area contributed by atoms with Crippen molar-refractivity contribution in [2.75, 3.05) is 46.4 Å². The fraction of sp³-hybridized carbons (Fsp3) is 1.00. The van der Waals surface area contributed by atoms with Crippen LogP contribution >= 0.6 is 0 Å². The Morgan fingerprint density at radius 2 is 1.53 bits per heavy atom. The average Bonchev–Trinajstić information content (AvgIpc) is 2.42. The average molecular weight is 242 g/mol. The Kier molecular flexibility index (Phi) is 6.45. The van der Waals surface area contributed by atoms with Crippen molar-refractivity contribution in [3.63, 3.8) is 0 Å². The van der Waals surface area contributed by atoms with Crippen molar-refractivity contribution in [2.45, 2.75) is 45.6 Å². The van der Waals surface area contributed by atoms with Crippen molar-refractivity contribution in [3.8, 4) is 0 Å². The molecule has 3 nitrogen and oxygen atoms in total. The maximum Gasteiger partial charge on any atom is 0.0483 e. The molecule has 0 bridgehead atoms. The molecule has 0 aromatic carbocycles. The summed E-state index contributed by atoms with van der Waals surface area (Å²) in [5.74, 6) is 0. The molecule has 2 aliphatic heterocycles. The Labute approximate surface area is 107 Å². The van der Waals surface area contributed by atoms with Crippen molar-refractivity contribution in [2.24, 2.45) is 0 Å². The van der Waals surface area contributed by atoms with Crippen molar-refractivity contribution in [1.82, 2.24) is 9.80 Å². The number of likely N-dealkylation sites (N-methyl/N-ethyl adjacent to an activating group) is 1. The van der Waals surface area contributed by atoms with Crippen molar-refractivity contribution < 1.29 is 4.74 Å². The highest BCUT2D eigenvalue weighted by Gasteiger charge is 2.37. The summed E-state index contributed by atoms with van der Waals surface area (Å²) in [5.41, 5.74) is 0.458. The number of ether oxygens (including phenoxy) is 1. The third-order valence-electron chi connectivity index (χ3n) is 4.26. The minimum Gasteiger partial charge on any atom is -0.381 e. The molecule has 2 fully saturated rings. The van der Waals surface area contributed by atoms with E-state index < -0.39 is 0 Å². The van der Waals surface area contributed by atoms with Crippen LogP contribution in [0.25, 0.3) is 0 Å². The summed E-state index contributed by atoms with van der Waals surface area (Å²) in [5, 5.41) is 0. The third-order valence-corrected chi connectivity index (χ3v) is 4.26. The van der Waals surface area contributed by atoms with Crippen LogP contribution < -0.4 is 0 Å². The Balaban J connectivity index is 0.000000686. The van der Waals surface area contributed by atoms with E-state index in [2.05, 4.69) is 23.8 Å². The van der Waals surface area contributed by atoms with Gasteiger partial charge in [0.05, 0.1) is 0 Å². The standard InChI is InChI=1S/C12H24N2O.C2H6/c1-3-12(4-10-15-11-5-12)14-8-6-13(2)7-9-14;1-2/h3-11H2,1-2H3;1-2H3. The second-order valence-corrected chi connectivity index (χ2v) is 4.98. The molecule has 0 atom stereocenters. The molecule has 0 unspecified atom stereocenters. The molecular formula is C14H30N2O. The molecule has 0 saturated carbocycles. The van der Waals surface area contributed by atoms with E-state index in [0.717, 1.165) is 13.2 Å². The highest BCUT2D eigenvalue weighted by Crippen LogP contribution is 2.31. The van der Waals surface area contributed by atoms with Crippen LogP contribution in [0.5, 0.6) is 0 Å². The van der Waals surface area contributed by atoms with Gasteiger partial charge in [0.2, 0.25) is 0 Å². The highest BCUT2D eigenvalue weighted by molar-refractivity contribution is 4.93. The topological polar surface area (TPSA) is 15.7 Å². The lowest BCUT2D eigenvalue weighted by molar-refractivity contribution is -0.0466. The molecule has 0 N–H and O–H groups in total. The van der Waals surface area contributed by atoms with E-state index >= 15 is 0 Å². The molecule has 102 valence electrons. The van der Waals surface area contributed by atoms with Crippen LogP contribution in [0.3, 0.4) is 0 Å². The van der Waals surface area contributed by atoms with Crippen molar-refractivity contribution in [3.05, 3.63) is 0 Å². The predicted octanol–water partition coefficient (Wildman–Crippen LogP) is 2.22. The fourth-order valence-corrected chi connectivity index (χ4v) is 2.93. The zero-order chi connectivity index (χ0) is 12.7. The summed E-state index contributed by atoms with van der Waals surface area (Å²) in [7, 11) is 2.22. The van der Waals surface area contributed by atoms with Crippen LogP contribution in [-0.2, 0) is 4.74 Å². The van der Waals surface area contributed by atoms with Crippen molar-refractivity contribution in [1.29, 1.82) is 0 Å². The van der Waals surface area contributed by atoms with Gasteiger partial charge in [-0.1, -0.05) is 20.8 Å². The number of hydrogen-bond acceptors (Lipinski definition) is 3. The quantitative estimate of drug-likeness (QED) is 0.738. The van der Waals surface area contributed by atoms with E-state index in [9.17, 15) is 0 Å². The monoisotopic (exact) mass is 242 g/mol. The van der Waals surface area contributed by atoms with Crippen LogP contribution in [0.1, 0.15) is 40.0 Å². The highest BCUT2D eigenvalue weighted by atomic mass is 16.5. The van der Waals surface area contributed by atoms with E-state index in [4.69, 9.17) is 4.74 Å². The third kappa shape index (κ3) is 3.67. The molecule has 17 heavy (non-hydrogen) atoms. The molecule has 2 heterocycles. The number of hydrogen-bond donors (Lipinski definition) is 0. The molecule has 3 heteroatoms. The zero-order valence-corrected chi connectivity index (χ0v) is 12.2. The molecule has 0 amide bonds. The van der Waals surface area contributed by atoms with Crippen LogP contribution in [0.2, 0.25) is 0 Å². The molecule has 0 aliphatic carbocycles. The van der Waals surface area contributed by atoms with Crippen molar-refractivity contribution >= 4 is 0 Å².